The fourth-order valence-corrected chi connectivity index (χ4v) is 8.30. The number of esters is 2. The Balaban J connectivity index is 3.39. The molecule has 1 unspecified atom stereocenters. The van der Waals surface area contributed by atoms with E-state index in [2.05, 4.69) is 20.8 Å². The summed E-state index contributed by atoms with van der Waals surface area (Å²) in [5.41, 5.74) is 0. The maximum Gasteiger partial charge on any atom is 0.305 e. The Morgan fingerprint density at radius 3 is 0.804 bits per heavy atom. The largest absolute Gasteiger partial charge is 0.466 e. The zero-order valence-electron chi connectivity index (χ0n) is 38.7. The fraction of sp³-hybridized carbons (Fsp3) is 0.962. The molecule has 0 heterocycles. The molecule has 0 amide bonds. The maximum absolute atomic E-state index is 12.1. The van der Waals surface area contributed by atoms with E-state index in [1.165, 1.54) is 244 Å². The molecule has 0 bridgehead atoms. The van der Waals surface area contributed by atoms with E-state index in [4.69, 9.17) is 9.47 Å². The van der Waals surface area contributed by atoms with Crippen molar-refractivity contribution in [3.8, 4) is 0 Å². The summed E-state index contributed by atoms with van der Waals surface area (Å²) in [6.45, 7) is 8.13. The summed E-state index contributed by atoms with van der Waals surface area (Å²) in [7, 11) is 0. The first-order valence-electron chi connectivity index (χ1n) is 25.9. The Morgan fingerprint density at radius 1 is 0.304 bits per heavy atom. The number of rotatable bonds is 48. The van der Waals surface area contributed by atoms with Gasteiger partial charge in [-0.15, -0.1) is 0 Å². The average molecular weight is 791 g/mol. The van der Waals surface area contributed by atoms with Crippen LogP contribution in [0.5, 0.6) is 0 Å². The van der Waals surface area contributed by atoms with Crippen molar-refractivity contribution in [3.05, 3.63) is 0 Å². The molecule has 0 aromatic carbocycles. The SMILES string of the molecule is CCCCCCCCCCCCCCCCCC(=O)OCCCCCCCC(CC)CCCCCCOC(=O)CCCCCCCCCCCCCCCCC. The Morgan fingerprint density at radius 2 is 0.536 bits per heavy atom. The van der Waals surface area contributed by atoms with Gasteiger partial charge in [-0.05, 0) is 31.6 Å². The molecule has 1 atom stereocenters. The number of carbonyl (C=O) groups excluding carboxylic acids is 2. The summed E-state index contributed by atoms with van der Waals surface area (Å²) >= 11 is 0. The quantitative estimate of drug-likeness (QED) is 0.0455. The van der Waals surface area contributed by atoms with Crippen LogP contribution in [0.25, 0.3) is 0 Å². The van der Waals surface area contributed by atoms with Crippen LogP contribution in [0.15, 0.2) is 0 Å². The summed E-state index contributed by atoms with van der Waals surface area (Å²) in [5, 5.41) is 0. The third-order valence-electron chi connectivity index (χ3n) is 12.3. The maximum atomic E-state index is 12.1. The smallest absolute Gasteiger partial charge is 0.305 e. The molecule has 56 heavy (non-hydrogen) atoms. The van der Waals surface area contributed by atoms with Crippen LogP contribution in [0.1, 0.15) is 303 Å². The number of carbonyl (C=O) groups is 2. The Hall–Kier alpha value is -1.06. The lowest BCUT2D eigenvalue weighted by Crippen LogP contribution is -2.06. The van der Waals surface area contributed by atoms with Crippen molar-refractivity contribution >= 4 is 11.9 Å². The van der Waals surface area contributed by atoms with Crippen molar-refractivity contribution in [2.45, 2.75) is 303 Å². The van der Waals surface area contributed by atoms with Crippen LogP contribution in [0, 0.1) is 5.92 Å². The first-order valence-corrected chi connectivity index (χ1v) is 25.9. The van der Waals surface area contributed by atoms with Gasteiger partial charge in [0.05, 0.1) is 13.2 Å². The van der Waals surface area contributed by atoms with E-state index in [1.54, 1.807) is 0 Å². The van der Waals surface area contributed by atoms with E-state index in [1.807, 2.05) is 0 Å². The molecule has 4 nitrogen and oxygen atoms in total. The predicted molar refractivity (Wildman–Crippen MR) is 246 cm³/mol. The molecule has 0 saturated carbocycles. The fourth-order valence-electron chi connectivity index (χ4n) is 8.30. The van der Waals surface area contributed by atoms with Crippen LogP contribution < -0.4 is 0 Å². The van der Waals surface area contributed by atoms with E-state index < -0.39 is 0 Å². The lowest BCUT2D eigenvalue weighted by molar-refractivity contribution is -0.144. The Bertz CT molecular complexity index is 766. The van der Waals surface area contributed by atoms with Crippen molar-refractivity contribution in [1.29, 1.82) is 0 Å². The third-order valence-corrected chi connectivity index (χ3v) is 12.3. The van der Waals surface area contributed by atoms with Crippen LogP contribution in [0.3, 0.4) is 0 Å². The molecule has 0 spiro atoms. The van der Waals surface area contributed by atoms with E-state index in [-0.39, 0.29) is 11.9 Å². The zero-order chi connectivity index (χ0) is 40.7. The lowest BCUT2D eigenvalue weighted by Gasteiger charge is -2.14. The van der Waals surface area contributed by atoms with Gasteiger partial charge in [-0.25, -0.2) is 0 Å². The lowest BCUT2D eigenvalue weighted by atomic mass is 9.92. The van der Waals surface area contributed by atoms with Crippen LogP contribution in [-0.2, 0) is 19.1 Å². The summed E-state index contributed by atoms with van der Waals surface area (Å²) in [4.78, 5) is 24.2. The van der Waals surface area contributed by atoms with E-state index in [0.717, 1.165) is 31.6 Å². The molecule has 0 aliphatic carbocycles. The van der Waals surface area contributed by atoms with Crippen molar-refractivity contribution in [1.82, 2.24) is 0 Å². The number of ether oxygens (including phenoxy) is 2. The summed E-state index contributed by atoms with van der Waals surface area (Å²) < 4.78 is 11.0. The molecule has 0 aliphatic heterocycles. The molecule has 0 aliphatic rings. The van der Waals surface area contributed by atoms with Gasteiger partial charge in [-0.2, -0.15) is 0 Å². The van der Waals surface area contributed by atoms with E-state index in [0.29, 0.717) is 26.1 Å². The topological polar surface area (TPSA) is 52.6 Å². The minimum Gasteiger partial charge on any atom is -0.466 e. The van der Waals surface area contributed by atoms with Crippen LogP contribution in [0.2, 0.25) is 0 Å². The third kappa shape index (κ3) is 45.6. The van der Waals surface area contributed by atoms with Gasteiger partial charge in [0.25, 0.3) is 0 Å². The van der Waals surface area contributed by atoms with Crippen molar-refractivity contribution in [2.24, 2.45) is 5.92 Å². The second-order valence-corrected chi connectivity index (χ2v) is 17.9. The molecule has 0 saturated heterocycles. The van der Waals surface area contributed by atoms with Crippen molar-refractivity contribution < 1.29 is 19.1 Å². The van der Waals surface area contributed by atoms with Crippen LogP contribution >= 0.6 is 0 Å². The zero-order valence-corrected chi connectivity index (χ0v) is 38.7. The first kappa shape index (κ1) is 54.9. The molecule has 0 radical (unpaired) electrons. The van der Waals surface area contributed by atoms with Crippen molar-refractivity contribution in [3.63, 3.8) is 0 Å². The van der Waals surface area contributed by atoms with Gasteiger partial charge in [0.2, 0.25) is 0 Å². The van der Waals surface area contributed by atoms with E-state index in [9.17, 15) is 9.59 Å². The van der Waals surface area contributed by atoms with Gasteiger partial charge < -0.3 is 9.47 Å². The highest BCUT2D eigenvalue weighted by Crippen LogP contribution is 2.22. The first-order chi connectivity index (χ1) is 27.6. The van der Waals surface area contributed by atoms with Gasteiger partial charge in [-0.1, -0.05) is 265 Å². The monoisotopic (exact) mass is 791 g/mol. The number of unbranched alkanes of at least 4 members (excludes halogenated alkanes) is 35. The van der Waals surface area contributed by atoms with Gasteiger partial charge >= 0.3 is 11.9 Å². The second kappa shape index (κ2) is 48.3. The Kier molecular flexibility index (Phi) is 47.4. The minimum atomic E-state index is 0.0112. The van der Waals surface area contributed by atoms with Crippen LogP contribution in [-0.4, -0.2) is 25.2 Å². The van der Waals surface area contributed by atoms with E-state index >= 15 is 0 Å². The normalized spacial score (nSPS) is 12.0. The Labute approximate surface area is 352 Å². The minimum absolute atomic E-state index is 0.0112. The van der Waals surface area contributed by atoms with Gasteiger partial charge in [0, 0.05) is 12.8 Å². The standard InChI is InChI=1S/C52H102O4/c1-4-7-9-11-13-15-17-19-21-23-25-27-29-33-40-46-51(53)55-48-42-36-31-32-38-44-50(6-3)45-39-35-37-43-49-56-52(54)47-41-34-30-28-26-24-22-20-18-16-14-12-10-8-5-2/h50H,4-49H2,1-3H3. The molecule has 0 aromatic heterocycles. The van der Waals surface area contributed by atoms with Crippen molar-refractivity contribution in [2.75, 3.05) is 13.2 Å². The molecule has 334 valence electrons. The molecule has 0 aromatic rings. The molecule has 0 rings (SSSR count). The second-order valence-electron chi connectivity index (χ2n) is 17.9. The molecule has 0 fully saturated rings. The summed E-state index contributed by atoms with van der Waals surface area (Å²) in [6, 6.07) is 0. The number of hydrogen-bond acceptors (Lipinski definition) is 4. The van der Waals surface area contributed by atoms with Gasteiger partial charge in [-0.3, -0.25) is 9.59 Å². The van der Waals surface area contributed by atoms with Gasteiger partial charge in [0.1, 0.15) is 0 Å². The number of hydrogen-bond donors (Lipinski definition) is 0. The highest BCUT2D eigenvalue weighted by atomic mass is 16.5. The summed E-state index contributed by atoms with van der Waals surface area (Å²) in [6.07, 6.45) is 56.5. The molecule has 4 heteroatoms. The van der Waals surface area contributed by atoms with Gasteiger partial charge in [0.15, 0.2) is 0 Å². The highest BCUT2D eigenvalue weighted by Gasteiger charge is 2.08. The highest BCUT2D eigenvalue weighted by molar-refractivity contribution is 5.69. The summed E-state index contributed by atoms with van der Waals surface area (Å²) in [5.74, 6) is 0.873. The molecular formula is C52H102O4. The van der Waals surface area contributed by atoms with Crippen LogP contribution in [0.4, 0.5) is 0 Å². The molecular weight excluding hydrogens is 689 g/mol. The average Bonchev–Trinajstić information content (AvgIpc) is 3.20. The molecule has 0 N–H and O–H groups in total. The predicted octanol–water partition coefficient (Wildman–Crippen LogP) is 17.9.